The summed E-state index contributed by atoms with van der Waals surface area (Å²) < 4.78 is 26.5. The van der Waals surface area contributed by atoms with Crippen molar-refractivity contribution in [2.75, 3.05) is 16.2 Å². The average Bonchev–Trinajstić information content (AvgIpc) is 2.42. The largest absolute Gasteiger partial charge is 0.397 e. The van der Waals surface area contributed by atoms with Crippen LogP contribution >= 0.6 is 11.6 Å². The molecule has 0 bridgehead atoms. The second kappa shape index (κ2) is 6.11. The topological polar surface area (TPSA) is 85.1 Å². The van der Waals surface area contributed by atoms with Crippen molar-refractivity contribution in [3.63, 3.8) is 0 Å². The normalized spacial score (nSPS) is 11.2. The maximum absolute atomic E-state index is 12.0. The van der Waals surface area contributed by atoms with Crippen molar-refractivity contribution in [3.05, 3.63) is 53.3 Å². The number of nitrogens with zero attached hydrogens (tertiary/aromatic N) is 1. The molecule has 0 unspecified atom stereocenters. The van der Waals surface area contributed by atoms with Crippen LogP contribution in [0, 0.1) is 0 Å². The van der Waals surface area contributed by atoms with E-state index in [2.05, 4.69) is 9.71 Å². The molecule has 1 heterocycles. The van der Waals surface area contributed by atoms with Crippen LogP contribution in [-0.2, 0) is 16.4 Å². The second-order valence-electron chi connectivity index (χ2n) is 4.20. The van der Waals surface area contributed by atoms with E-state index in [9.17, 15) is 8.42 Å². The summed E-state index contributed by atoms with van der Waals surface area (Å²) in [5.41, 5.74) is 6.93. The molecule has 7 heteroatoms. The van der Waals surface area contributed by atoms with Gasteiger partial charge in [-0.25, -0.2) is 8.42 Å². The number of nitrogens with two attached hydrogens (primary N) is 1. The Hall–Kier alpha value is -1.79. The summed E-state index contributed by atoms with van der Waals surface area (Å²) in [4.78, 5) is 4.08. The number of nitrogen functional groups attached to an aromatic ring is 1. The second-order valence-corrected chi connectivity index (χ2v) is 6.45. The van der Waals surface area contributed by atoms with Crippen LogP contribution < -0.4 is 10.5 Å². The van der Waals surface area contributed by atoms with Crippen LogP contribution in [0.4, 0.5) is 11.4 Å². The first-order valence-corrected chi connectivity index (χ1v) is 7.95. The zero-order valence-corrected chi connectivity index (χ0v) is 12.2. The molecule has 1 aromatic heterocycles. The molecular formula is C13H14ClN3O2S. The minimum absolute atomic E-state index is 0.0886. The highest BCUT2D eigenvalue weighted by atomic mass is 35.5. The number of halogens is 1. The fraction of sp³-hybridized carbons (Fsp3) is 0.154. The summed E-state index contributed by atoms with van der Waals surface area (Å²) >= 11 is 5.93. The lowest BCUT2D eigenvalue weighted by molar-refractivity contribution is 0.600. The molecule has 1 aromatic carbocycles. The summed E-state index contributed by atoms with van der Waals surface area (Å²) in [6.45, 7) is 0. The Bertz CT molecular complexity index is 670. The predicted octanol–water partition coefficient (Wildman–Crippen LogP) is 2.30. The molecule has 0 aliphatic rings. The van der Waals surface area contributed by atoms with Gasteiger partial charge in [0.2, 0.25) is 10.0 Å². The van der Waals surface area contributed by atoms with Crippen molar-refractivity contribution < 1.29 is 8.42 Å². The molecule has 0 aliphatic heterocycles. The Morgan fingerprint density at radius 1 is 1.20 bits per heavy atom. The Kier molecular flexibility index (Phi) is 4.46. The van der Waals surface area contributed by atoms with E-state index >= 15 is 0 Å². The van der Waals surface area contributed by atoms with Crippen molar-refractivity contribution in [1.82, 2.24) is 4.98 Å². The van der Waals surface area contributed by atoms with Crippen LogP contribution in [-0.4, -0.2) is 19.2 Å². The lowest BCUT2D eigenvalue weighted by Crippen LogP contribution is -2.19. The van der Waals surface area contributed by atoms with Gasteiger partial charge in [0.15, 0.2) is 0 Å². The number of para-hydroxylation sites is 1. The van der Waals surface area contributed by atoms with E-state index in [0.717, 1.165) is 0 Å². The number of aryl methyl sites for hydroxylation is 1. The highest BCUT2D eigenvalue weighted by molar-refractivity contribution is 7.92. The predicted molar refractivity (Wildman–Crippen MR) is 81.2 cm³/mol. The zero-order valence-electron chi connectivity index (χ0n) is 10.6. The number of anilines is 2. The van der Waals surface area contributed by atoms with Crippen molar-refractivity contribution in [1.29, 1.82) is 0 Å². The highest BCUT2D eigenvalue weighted by Gasteiger charge is 2.15. The zero-order chi connectivity index (χ0) is 14.6. The van der Waals surface area contributed by atoms with Crippen LogP contribution in [0.15, 0.2) is 42.6 Å². The third-order valence-corrected chi connectivity index (χ3v) is 4.23. The van der Waals surface area contributed by atoms with Gasteiger partial charge >= 0.3 is 0 Å². The molecule has 20 heavy (non-hydrogen) atoms. The van der Waals surface area contributed by atoms with E-state index in [-0.39, 0.29) is 16.5 Å². The molecular weight excluding hydrogens is 298 g/mol. The molecule has 0 amide bonds. The van der Waals surface area contributed by atoms with Crippen molar-refractivity contribution >= 4 is 33.0 Å². The number of rotatable bonds is 5. The molecule has 5 nitrogen and oxygen atoms in total. The molecule has 0 fully saturated rings. The van der Waals surface area contributed by atoms with Gasteiger partial charge in [-0.15, -0.1) is 0 Å². The maximum atomic E-state index is 12.0. The van der Waals surface area contributed by atoms with Gasteiger partial charge in [0.1, 0.15) is 0 Å². The SMILES string of the molecule is Nc1cccc(Cl)c1NS(=O)(=O)CCc1ccccn1. The van der Waals surface area contributed by atoms with E-state index in [0.29, 0.717) is 17.8 Å². The molecule has 0 radical (unpaired) electrons. The van der Waals surface area contributed by atoms with Crippen molar-refractivity contribution in [2.45, 2.75) is 6.42 Å². The van der Waals surface area contributed by atoms with Crippen LogP contribution in [0.3, 0.4) is 0 Å². The Balaban J connectivity index is 2.08. The van der Waals surface area contributed by atoms with E-state index in [1.807, 2.05) is 6.07 Å². The first-order chi connectivity index (χ1) is 9.48. The monoisotopic (exact) mass is 311 g/mol. The molecule has 3 N–H and O–H groups in total. The molecule has 0 aliphatic carbocycles. The lowest BCUT2D eigenvalue weighted by atomic mass is 10.3. The highest BCUT2D eigenvalue weighted by Crippen LogP contribution is 2.28. The van der Waals surface area contributed by atoms with E-state index in [1.165, 1.54) is 0 Å². The summed E-state index contributed by atoms with van der Waals surface area (Å²) in [5, 5.41) is 0.270. The van der Waals surface area contributed by atoms with Gasteiger partial charge in [-0.2, -0.15) is 0 Å². The third-order valence-electron chi connectivity index (χ3n) is 2.66. The maximum Gasteiger partial charge on any atom is 0.233 e. The van der Waals surface area contributed by atoms with E-state index < -0.39 is 10.0 Å². The summed E-state index contributed by atoms with van der Waals surface area (Å²) in [6.07, 6.45) is 1.95. The Morgan fingerprint density at radius 2 is 2.00 bits per heavy atom. The number of nitrogens with one attached hydrogen (secondary N) is 1. The summed E-state index contributed by atoms with van der Waals surface area (Å²) in [5.74, 6) is -0.0886. The summed E-state index contributed by atoms with van der Waals surface area (Å²) in [7, 11) is -3.53. The minimum atomic E-state index is -3.53. The van der Waals surface area contributed by atoms with Crippen molar-refractivity contribution in [2.24, 2.45) is 0 Å². The minimum Gasteiger partial charge on any atom is -0.397 e. The van der Waals surface area contributed by atoms with E-state index in [4.69, 9.17) is 17.3 Å². The van der Waals surface area contributed by atoms with Crippen molar-refractivity contribution in [3.8, 4) is 0 Å². The van der Waals surface area contributed by atoms with Gasteiger partial charge in [0.25, 0.3) is 0 Å². The van der Waals surface area contributed by atoms with Gasteiger partial charge in [-0.3, -0.25) is 9.71 Å². The third kappa shape index (κ3) is 3.85. The molecule has 2 rings (SSSR count). The quantitative estimate of drug-likeness (QED) is 0.830. The van der Waals surface area contributed by atoms with E-state index in [1.54, 1.807) is 36.5 Å². The van der Waals surface area contributed by atoms with Crippen LogP contribution in [0.2, 0.25) is 5.02 Å². The number of sulfonamides is 1. The van der Waals surface area contributed by atoms with Gasteiger partial charge in [-0.1, -0.05) is 23.7 Å². The Morgan fingerprint density at radius 3 is 2.65 bits per heavy atom. The molecule has 106 valence electrons. The summed E-state index contributed by atoms with van der Waals surface area (Å²) in [6, 6.07) is 10.2. The molecule has 2 aromatic rings. The van der Waals surface area contributed by atoms with Crippen LogP contribution in [0.1, 0.15) is 5.69 Å². The smallest absolute Gasteiger partial charge is 0.233 e. The first kappa shape index (κ1) is 14.6. The van der Waals surface area contributed by atoms with Gasteiger partial charge in [0.05, 0.1) is 22.2 Å². The standard InChI is InChI=1S/C13H14ClN3O2S/c14-11-5-3-6-12(15)13(11)17-20(18,19)9-7-10-4-1-2-8-16-10/h1-6,8,17H,7,9,15H2. The number of aromatic nitrogens is 1. The number of hydrogen-bond donors (Lipinski definition) is 2. The number of benzene rings is 1. The fourth-order valence-electron chi connectivity index (χ4n) is 1.64. The molecule has 0 saturated carbocycles. The van der Waals surface area contributed by atoms with Gasteiger partial charge < -0.3 is 5.73 Å². The molecule has 0 saturated heterocycles. The fourth-order valence-corrected chi connectivity index (χ4v) is 3.04. The number of hydrogen-bond acceptors (Lipinski definition) is 4. The molecule has 0 spiro atoms. The first-order valence-electron chi connectivity index (χ1n) is 5.92. The average molecular weight is 312 g/mol. The van der Waals surface area contributed by atoms with Gasteiger partial charge in [0, 0.05) is 18.3 Å². The van der Waals surface area contributed by atoms with Crippen LogP contribution in [0.5, 0.6) is 0 Å². The molecule has 0 atom stereocenters. The number of pyridine rings is 1. The van der Waals surface area contributed by atoms with Gasteiger partial charge in [-0.05, 0) is 24.3 Å². The van der Waals surface area contributed by atoms with Crippen LogP contribution in [0.25, 0.3) is 0 Å². The lowest BCUT2D eigenvalue weighted by Gasteiger charge is -2.11. The Labute approximate surface area is 122 Å².